The molecule has 0 heterocycles. The van der Waals surface area contributed by atoms with Crippen molar-refractivity contribution in [1.29, 1.82) is 0 Å². The van der Waals surface area contributed by atoms with Crippen LogP contribution in [0.5, 0.6) is 0 Å². The van der Waals surface area contributed by atoms with E-state index in [1.165, 1.54) is 7.11 Å². The molecule has 1 aromatic rings. The van der Waals surface area contributed by atoms with Crippen molar-refractivity contribution in [2.45, 2.75) is 45.6 Å². The Kier molecular flexibility index (Phi) is 6.56. The molecule has 0 unspecified atom stereocenters. The van der Waals surface area contributed by atoms with Crippen molar-refractivity contribution in [2.24, 2.45) is 11.8 Å². The predicted octanol–water partition coefficient (Wildman–Crippen LogP) is 2.74. The zero-order chi connectivity index (χ0) is 18.4. The van der Waals surface area contributed by atoms with Gasteiger partial charge < -0.3 is 15.4 Å². The second-order valence-corrected chi connectivity index (χ2v) is 6.74. The van der Waals surface area contributed by atoms with E-state index in [0.717, 1.165) is 0 Å². The minimum absolute atomic E-state index is 0.0196. The molecule has 1 saturated carbocycles. The zero-order valence-corrected chi connectivity index (χ0v) is 15.0. The lowest BCUT2D eigenvalue weighted by Crippen LogP contribution is -2.38. The Balaban J connectivity index is 1.94. The fraction of sp³-hybridized carbons (Fsp3) is 0.526. The lowest BCUT2D eigenvalue weighted by molar-refractivity contribution is -0.128. The average molecular weight is 346 g/mol. The largest absolute Gasteiger partial charge is 0.465 e. The summed E-state index contributed by atoms with van der Waals surface area (Å²) in [6.45, 7) is 3.88. The predicted molar refractivity (Wildman–Crippen MR) is 95.1 cm³/mol. The Labute approximate surface area is 148 Å². The first-order chi connectivity index (χ1) is 11.9. The summed E-state index contributed by atoms with van der Waals surface area (Å²) in [6.07, 6.45) is 2.75. The van der Waals surface area contributed by atoms with E-state index in [2.05, 4.69) is 10.6 Å². The third-order valence-corrected chi connectivity index (χ3v) is 4.49. The van der Waals surface area contributed by atoms with Gasteiger partial charge in [0.2, 0.25) is 11.8 Å². The number of carbonyl (C=O) groups is 3. The fourth-order valence-corrected chi connectivity index (χ4v) is 3.14. The van der Waals surface area contributed by atoms with Crippen LogP contribution in [0.4, 0.5) is 5.69 Å². The van der Waals surface area contributed by atoms with Crippen molar-refractivity contribution in [3.05, 3.63) is 29.8 Å². The maximum absolute atomic E-state index is 12.5. The molecule has 6 nitrogen and oxygen atoms in total. The van der Waals surface area contributed by atoms with E-state index in [4.69, 9.17) is 4.74 Å². The molecule has 0 saturated heterocycles. The number of benzene rings is 1. The number of hydrogen-bond acceptors (Lipinski definition) is 4. The van der Waals surface area contributed by atoms with Crippen LogP contribution >= 0.6 is 0 Å². The molecule has 2 rings (SSSR count). The summed E-state index contributed by atoms with van der Waals surface area (Å²) in [4.78, 5) is 36.4. The number of nitrogens with one attached hydrogen (secondary N) is 2. The highest BCUT2D eigenvalue weighted by molar-refractivity contribution is 6.01. The van der Waals surface area contributed by atoms with Crippen LogP contribution in [0.15, 0.2) is 24.3 Å². The Morgan fingerprint density at radius 3 is 2.12 bits per heavy atom. The number of anilines is 1. The third-order valence-electron chi connectivity index (χ3n) is 4.49. The highest BCUT2D eigenvalue weighted by Gasteiger charge is 2.30. The summed E-state index contributed by atoms with van der Waals surface area (Å²) in [5.74, 6) is -0.684. The number of para-hydroxylation sites is 1. The molecule has 0 aromatic heterocycles. The summed E-state index contributed by atoms with van der Waals surface area (Å²) >= 11 is 0. The molecular weight excluding hydrogens is 320 g/mol. The molecule has 2 amide bonds. The van der Waals surface area contributed by atoms with Crippen LogP contribution in [0.25, 0.3) is 0 Å². The van der Waals surface area contributed by atoms with Crippen LogP contribution in [0, 0.1) is 11.8 Å². The van der Waals surface area contributed by atoms with E-state index in [0.29, 0.717) is 36.9 Å². The number of methoxy groups -OCH3 is 1. The van der Waals surface area contributed by atoms with Gasteiger partial charge in [-0.1, -0.05) is 12.1 Å². The molecule has 0 atom stereocenters. The van der Waals surface area contributed by atoms with E-state index < -0.39 is 5.97 Å². The molecule has 2 N–H and O–H groups in total. The lowest BCUT2D eigenvalue weighted by atomic mass is 9.81. The van der Waals surface area contributed by atoms with Gasteiger partial charge in [-0.2, -0.15) is 0 Å². The molecule has 1 aromatic carbocycles. The maximum atomic E-state index is 12.5. The van der Waals surface area contributed by atoms with Gasteiger partial charge in [0.1, 0.15) is 0 Å². The van der Waals surface area contributed by atoms with E-state index >= 15 is 0 Å². The highest BCUT2D eigenvalue weighted by Crippen LogP contribution is 2.30. The van der Waals surface area contributed by atoms with Gasteiger partial charge in [-0.05, 0) is 51.7 Å². The minimum Gasteiger partial charge on any atom is -0.465 e. The Morgan fingerprint density at radius 1 is 1.00 bits per heavy atom. The molecule has 0 bridgehead atoms. The summed E-state index contributed by atoms with van der Waals surface area (Å²) in [5, 5.41) is 5.76. The number of rotatable bonds is 5. The smallest absolute Gasteiger partial charge is 0.339 e. The van der Waals surface area contributed by atoms with Gasteiger partial charge in [0, 0.05) is 17.9 Å². The molecule has 0 radical (unpaired) electrons. The van der Waals surface area contributed by atoms with Crippen LogP contribution in [-0.2, 0) is 14.3 Å². The number of ether oxygens (including phenoxy) is 1. The molecule has 6 heteroatoms. The van der Waals surface area contributed by atoms with Gasteiger partial charge in [-0.3, -0.25) is 9.59 Å². The Hall–Kier alpha value is -2.37. The Morgan fingerprint density at radius 2 is 1.56 bits per heavy atom. The molecule has 1 fully saturated rings. The van der Waals surface area contributed by atoms with Crippen LogP contribution in [0.1, 0.15) is 49.9 Å². The first-order valence-corrected chi connectivity index (χ1v) is 8.71. The summed E-state index contributed by atoms with van der Waals surface area (Å²) in [5.41, 5.74) is 0.794. The standard InChI is InChI=1S/C19H26N2O4/c1-12(2)20-17(22)13-8-10-14(11-9-13)18(23)21-16-7-5-4-6-15(16)19(24)25-3/h4-7,12-14H,8-11H2,1-3H3,(H,20,22)(H,21,23). The van der Waals surface area contributed by atoms with Crippen LogP contribution < -0.4 is 10.6 Å². The van der Waals surface area contributed by atoms with Gasteiger partial charge in [0.15, 0.2) is 0 Å². The van der Waals surface area contributed by atoms with Crippen LogP contribution in [-0.4, -0.2) is 30.9 Å². The maximum Gasteiger partial charge on any atom is 0.339 e. The van der Waals surface area contributed by atoms with Crippen molar-refractivity contribution in [3.8, 4) is 0 Å². The average Bonchev–Trinajstić information content (AvgIpc) is 2.61. The van der Waals surface area contributed by atoms with Crippen LogP contribution in [0.2, 0.25) is 0 Å². The minimum atomic E-state index is -0.482. The number of carbonyl (C=O) groups excluding carboxylic acids is 3. The van der Waals surface area contributed by atoms with Crippen molar-refractivity contribution < 1.29 is 19.1 Å². The van der Waals surface area contributed by atoms with Gasteiger partial charge in [-0.15, -0.1) is 0 Å². The normalized spacial score (nSPS) is 20.0. The van der Waals surface area contributed by atoms with Crippen molar-refractivity contribution >= 4 is 23.5 Å². The SMILES string of the molecule is COC(=O)c1ccccc1NC(=O)C1CCC(C(=O)NC(C)C)CC1. The quantitative estimate of drug-likeness (QED) is 0.803. The van der Waals surface area contributed by atoms with Crippen LogP contribution in [0.3, 0.4) is 0 Å². The zero-order valence-electron chi connectivity index (χ0n) is 15.0. The topological polar surface area (TPSA) is 84.5 Å². The second-order valence-electron chi connectivity index (χ2n) is 6.74. The fourth-order valence-electron chi connectivity index (χ4n) is 3.14. The van der Waals surface area contributed by atoms with Crippen molar-refractivity contribution in [2.75, 3.05) is 12.4 Å². The number of amides is 2. The second kappa shape index (κ2) is 8.65. The third kappa shape index (κ3) is 5.05. The first-order valence-electron chi connectivity index (χ1n) is 8.71. The van der Waals surface area contributed by atoms with Gasteiger partial charge in [-0.25, -0.2) is 4.79 Å². The highest BCUT2D eigenvalue weighted by atomic mass is 16.5. The number of hydrogen-bond donors (Lipinski definition) is 2. The van der Waals surface area contributed by atoms with Crippen molar-refractivity contribution in [3.63, 3.8) is 0 Å². The van der Waals surface area contributed by atoms with Gasteiger partial charge in [0.25, 0.3) is 0 Å². The molecule has 0 spiro atoms. The van der Waals surface area contributed by atoms with E-state index in [-0.39, 0.29) is 29.7 Å². The molecule has 136 valence electrons. The monoisotopic (exact) mass is 346 g/mol. The summed E-state index contributed by atoms with van der Waals surface area (Å²) < 4.78 is 4.74. The van der Waals surface area contributed by atoms with E-state index in [1.54, 1.807) is 24.3 Å². The molecule has 0 aliphatic heterocycles. The Bertz CT molecular complexity index is 634. The van der Waals surface area contributed by atoms with Gasteiger partial charge in [0.05, 0.1) is 18.4 Å². The lowest BCUT2D eigenvalue weighted by Gasteiger charge is -2.27. The summed E-state index contributed by atoms with van der Waals surface area (Å²) in [7, 11) is 1.31. The van der Waals surface area contributed by atoms with Gasteiger partial charge >= 0.3 is 5.97 Å². The molecular formula is C19H26N2O4. The van der Waals surface area contributed by atoms with Crippen molar-refractivity contribution in [1.82, 2.24) is 5.32 Å². The first kappa shape index (κ1) is 19.0. The molecule has 1 aliphatic rings. The molecule has 25 heavy (non-hydrogen) atoms. The van der Waals surface area contributed by atoms with E-state index in [9.17, 15) is 14.4 Å². The summed E-state index contributed by atoms with van der Waals surface area (Å²) in [6, 6.07) is 6.92. The van der Waals surface area contributed by atoms with E-state index in [1.807, 2.05) is 13.8 Å². The number of esters is 1. The molecule has 1 aliphatic carbocycles.